The van der Waals surface area contributed by atoms with E-state index in [4.69, 9.17) is 9.47 Å². The van der Waals surface area contributed by atoms with Gasteiger partial charge in [-0.05, 0) is 11.0 Å². The first kappa shape index (κ1) is 17.5. The number of ether oxygens (including phenoxy) is 2. The summed E-state index contributed by atoms with van der Waals surface area (Å²) in [6, 6.07) is 9.84. The molecule has 1 fully saturated rings. The number of methoxy groups -OCH3 is 1. The first-order valence-electron chi connectivity index (χ1n) is 7.89. The minimum Gasteiger partial charge on any atom is -0.447 e. The second-order valence-electron chi connectivity index (χ2n) is 6.90. The molecule has 5 nitrogen and oxygen atoms in total. The van der Waals surface area contributed by atoms with Crippen LogP contribution in [0.15, 0.2) is 30.3 Å². The van der Waals surface area contributed by atoms with Crippen LogP contribution in [0.25, 0.3) is 0 Å². The topological polar surface area (TPSA) is 55.8 Å². The van der Waals surface area contributed by atoms with Crippen molar-refractivity contribution in [1.82, 2.24) is 4.90 Å². The van der Waals surface area contributed by atoms with Crippen LogP contribution in [0.4, 0.5) is 4.79 Å². The Morgan fingerprint density at radius 1 is 1.30 bits per heavy atom. The molecule has 1 aromatic carbocycles. The van der Waals surface area contributed by atoms with Crippen molar-refractivity contribution in [3.8, 4) is 0 Å². The lowest BCUT2D eigenvalue weighted by molar-refractivity contribution is -0.129. The van der Waals surface area contributed by atoms with Crippen LogP contribution < -0.4 is 0 Å². The second kappa shape index (κ2) is 7.13. The van der Waals surface area contributed by atoms with Crippen LogP contribution in [0, 0.1) is 5.41 Å². The van der Waals surface area contributed by atoms with Crippen LogP contribution in [0.3, 0.4) is 0 Å². The predicted octanol–water partition coefficient (Wildman–Crippen LogP) is 3.20. The van der Waals surface area contributed by atoms with Gasteiger partial charge >= 0.3 is 6.09 Å². The van der Waals surface area contributed by atoms with Crippen molar-refractivity contribution < 1.29 is 19.1 Å². The van der Waals surface area contributed by atoms with Crippen LogP contribution in [0.1, 0.15) is 38.7 Å². The average molecular weight is 319 g/mol. The van der Waals surface area contributed by atoms with Crippen LogP contribution in [-0.4, -0.2) is 43.3 Å². The van der Waals surface area contributed by atoms with Crippen LogP contribution >= 0.6 is 0 Å². The van der Waals surface area contributed by atoms with Crippen molar-refractivity contribution in [2.75, 3.05) is 20.3 Å². The van der Waals surface area contributed by atoms with Crippen LogP contribution in [0.5, 0.6) is 0 Å². The molecule has 2 atom stereocenters. The molecule has 0 saturated carbocycles. The molecule has 0 aliphatic carbocycles. The van der Waals surface area contributed by atoms with Gasteiger partial charge in [0.25, 0.3) is 0 Å². The van der Waals surface area contributed by atoms with Crippen molar-refractivity contribution in [1.29, 1.82) is 0 Å². The highest BCUT2D eigenvalue weighted by molar-refractivity contribution is 5.93. The summed E-state index contributed by atoms with van der Waals surface area (Å²) in [7, 11) is 1.67. The molecule has 2 unspecified atom stereocenters. The summed E-state index contributed by atoms with van der Waals surface area (Å²) in [5, 5.41) is 0. The first-order chi connectivity index (χ1) is 10.8. The highest BCUT2D eigenvalue weighted by Gasteiger charge is 2.37. The number of carbonyl (C=O) groups is 2. The molecule has 0 spiro atoms. The summed E-state index contributed by atoms with van der Waals surface area (Å²) in [4.78, 5) is 25.4. The Morgan fingerprint density at radius 3 is 2.43 bits per heavy atom. The van der Waals surface area contributed by atoms with E-state index in [9.17, 15) is 9.59 Å². The van der Waals surface area contributed by atoms with Gasteiger partial charge in [-0.25, -0.2) is 9.69 Å². The molecule has 1 heterocycles. The standard InChI is InChI=1S/C18H25NO4/c1-18(2,3)16(22-4)14(13-8-6-5-7-9-13)12-15(20)19-10-11-23-17(19)21/h5-9,14,16H,10-12H2,1-4H3. The van der Waals surface area contributed by atoms with Crippen molar-refractivity contribution in [3.63, 3.8) is 0 Å². The molecule has 126 valence electrons. The number of nitrogens with zero attached hydrogens (tertiary/aromatic N) is 1. The van der Waals surface area contributed by atoms with Gasteiger partial charge in [-0.15, -0.1) is 0 Å². The zero-order chi connectivity index (χ0) is 17.0. The van der Waals surface area contributed by atoms with Gasteiger partial charge < -0.3 is 9.47 Å². The Kier molecular flexibility index (Phi) is 5.42. The molecule has 2 rings (SSSR count). The second-order valence-corrected chi connectivity index (χ2v) is 6.90. The molecule has 0 bridgehead atoms. The lowest BCUT2D eigenvalue weighted by atomic mass is 9.76. The van der Waals surface area contributed by atoms with Gasteiger partial charge in [0.2, 0.25) is 5.91 Å². The van der Waals surface area contributed by atoms with E-state index in [1.807, 2.05) is 30.3 Å². The van der Waals surface area contributed by atoms with Crippen molar-refractivity contribution >= 4 is 12.0 Å². The van der Waals surface area contributed by atoms with Gasteiger partial charge in [0.1, 0.15) is 6.61 Å². The van der Waals surface area contributed by atoms with Crippen LogP contribution in [0.2, 0.25) is 0 Å². The summed E-state index contributed by atoms with van der Waals surface area (Å²) in [5.74, 6) is -0.338. The van der Waals surface area contributed by atoms with Crippen molar-refractivity contribution in [2.45, 2.75) is 39.2 Å². The van der Waals surface area contributed by atoms with E-state index in [-0.39, 0.29) is 36.4 Å². The smallest absolute Gasteiger partial charge is 0.416 e. The highest BCUT2D eigenvalue weighted by atomic mass is 16.6. The largest absolute Gasteiger partial charge is 0.447 e. The Labute approximate surface area is 137 Å². The predicted molar refractivity (Wildman–Crippen MR) is 87.1 cm³/mol. The van der Waals surface area contributed by atoms with E-state index >= 15 is 0 Å². The fraction of sp³-hybridized carbons (Fsp3) is 0.556. The Morgan fingerprint density at radius 2 is 1.96 bits per heavy atom. The lowest BCUT2D eigenvalue weighted by Crippen LogP contribution is -2.39. The van der Waals surface area contributed by atoms with Gasteiger partial charge in [-0.1, -0.05) is 51.1 Å². The zero-order valence-electron chi connectivity index (χ0n) is 14.2. The van der Waals surface area contributed by atoms with E-state index in [1.165, 1.54) is 4.90 Å². The third-order valence-corrected chi connectivity index (χ3v) is 4.16. The van der Waals surface area contributed by atoms with Crippen LogP contribution in [-0.2, 0) is 14.3 Å². The van der Waals surface area contributed by atoms with Gasteiger partial charge in [-0.2, -0.15) is 0 Å². The molecule has 0 radical (unpaired) electrons. The quantitative estimate of drug-likeness (QED) is 0.836. The number of hydrogen-bond donors (Lipinski definition) is 0. The zero-order valence-corrected chi connectivity index (χ0v) is 14.2. The van der Waals surface area contributed by atoms with E-state index in [0.717, 1.165) is 5.56 Å². The summed E-state index contributed by atoms with van der Waals surface area (Å²) in [6.07, 6.45) is -0.478. The van der Waals surface area contributed by atoms with Crippen molar-refractivity contribution in [3.05, 3.63) is 35.9 Å². The maximum Gasteiger partial charge on any atom is 0.416 e. The maximum atomic E-state index is 12.6. The number of imide groups is 1. The molecule has 0 aromatic heterocycles. The van der Waals surface area contributed by atoms with Gasteiger partial charge in [0.15, 0.2) is 0 Å². The number of cyclic esters (lactones) is 1. The van der Waals surface area contributed by atoms with E-state index in [2.05, 4.69) is 20.8 Å². The Balaban J connectivity index is 2.27. The Hall–Kier alpha value is -1.88. The molecule has 1 aliphatic rings. The monoisotopic (exact) mass is 319 g/mol. The fourth-order valence-corrected chi connectivity index (χ4v) is 3.14. The minimum atomic E-state index is -0.550. The van der Waals surface area contributed by atoms with E-state index < -0.39 is 6.09 Å². The van der Waals surface area contributed by atoms with Gasteiger partial charge in [0.05, 0.1) is 12.6 Å². The van der Waals surface area contributed by atoms with Crippen molar-refractivity contribution in [2.24, 2.45) is 5.41 Å². The minimum absolute atomic E-state index is 0.123. The lowest BCUT2D eigenvalue weighted by Gasteiger charge is -2.36. The number of benzene rings is 1. The molecule has 0 N–H and O–H groups in total. The molecular formula is C18H25NO4. The molecule has 5 heteroatoms. The number of amides is 2. The highest BCUT2D eigenvalue weighted by Crippen LogP contribution is 2.36. The molecular weight excluding hydrogens is 294 g/mol. The summed E-state index contributed by atoms with van der Waals surface area (Å²) in [6.45, 7) is 6.86. The normalized spacial score (nSPS) is 17.7. The van der Waals surface area contributed by atoms with Gasteiger partial charge in [-0.3, -0.25) is 4.79 Å². The van der Waals surface area contributed by atoms with E-state index in [0.29, 0.717) is 6.54 Å². The molecule has 1 aliphatic heterocycles. The first-order valence-corrected chi connectivity index (χ1v) is 7.89. The third kappa shape index (κ3) is 4.10. The van der Waals surface area contributed by atoms with Gasteiger partial charge in [0, 0.05) is 19.4 Å². The number of rotatable bonds is 5. The SMILES string of the molecule is COC(C(CC(=O)N1CCOC1=O)c1ccccc1)C(C)(C)C. The molecule has 2 amide bonds. The average Bonchev–Trinajstić information content (AvgIpc) is 2.92. The number of carbonyl (C=O) groups excluding carboxylic acids is 2. The van der Waals surface area contributed by atoms with E-state index in [1.54, 1.807) is 7.11 Å². The molecule has 1 saturated heterocycles. The number of hydrogen-bond acceptors (Lipinski definition) is 4. The maximum absolute atomic E-state index is 12.6. The summed E-state index contributed by atoms with van der Waals surface area (Å²) >= 11 is 0. The summed E-state index contributed by atoms with van der Waals surface area (Å²) < 4.78 is 10.6. The third-order valence-electron chi connectivity index (χ3n) is 4.16. The fourth-order valence-electron chi connectivity index (χ4n) is 3.14. The summed E-state index contributed by atoms with van der Waals surface area (Å²) in [5.41, 5.74) is 0.899. The molecule has 23 heavy (non-hydrogen) atoms. The Bertz CT molecular complexity index is 550. The molecule has 1 aromatic rings.